The molecule has 1 aromatic rings. The Hall–Kier alpha value is -1.98. The van der Waals surface area contributed by atoms with Crippen molar-refractivity contribution in [2.45, 2.75) is 26.8 Å². The molecule has 6 heteroatoms. The van der Waals surface area contributed by atoms with Gasteiger partial charge >= 0.3 is 11.2 Å². The monoisotopic (exact) mass is 224 g/mol. The summed E-state index contributed by atoms with van der Waals surface area (Å²) in [6.07, 6.45) is 0. The van der Waals surface area contributed by atoms with Crippen molar-refractivity contribution in [3.8, 4) is 0 Å². The van der Waals surface area contributed by atoms with Gasteiger partial charge < -0.3 is 0 Å². The van der Waals surface area contributed by atoms with Crippen LogP contribution in [-0.2, 0) is 4.79 Å². The van der Waals surface area contributed by atoms with E-state index in [1.54, 1.807) is 13.8 Å². The zero-order valence-corrected chi connectivity index (χ0v) is 9.26. The van der Waals surface area contributed by atoms with Crippen molar-refractivity contribution in [1.29, 1.82) is 0 Å². The van der Waals surface area contributed by atoms with Crippen molar-refractivity contribution in [1.82, 2.24) is 4.57 Å². The maximum Gasteiger partial charge on any atom is 0.334 e. The van der Waals surface area contributed by atoms with Crippen LogP contribution in [0.25, 0.3) is 0 Å². The molecular formula is C10H12N2O4. The van der Waals surface area contributed by atoms with E-state index in [0.717, 1.165) is 10.6 Å². The Morgan fingerprint density at radius 2 is 2.06 bits per heavy atom. The van der Waals surface area contributed by atoms with Crippen LogP contribution in [-0.4, -0.2) is 15.3 Å². The third-order valence-electron chi connectivity index (χ3n) is 2.47. The fourth-order valence-electron chi connectivity index (χ4n) is 1.44. The van der Waals surface area contributed by atoms with Gasteiger partial charge in [0.2, 0.25) is 0 Å². The lowest BCUT2D eigenvalue weighted by molar-refractivity contribution is -0.386. The van der Waals surface area contributed by atoms with Gasteiger partial charge in [-0.15, -0.1) is 0 Å². The van der Waals surface area contributed by atoms with E-state index in [1.165, 1.54) is 13.0 Å². The van der Waals surface area contributed by atoms with Crippen molar-refractivity contribution in [2.24, 2.45) is 0 Å². The SMILES string of the molecule is CC(=O)C(C)n1c(C)ccc([N+](=O)[O-])c1=O. The van der Waals surface area contributed by atoms with Gasteiger partial charge in [0.25, 0.3) is 0 Å². The molecule has 1 atom stereocenters. The summed E-state index contributed by atoms with van der Waals surface area (Å²) in [5, 5.41) is 10.6. The molecule has 0 amide bonds. The molecule has 16 heavy (non-hydrogen) atoms. The molecule has 6 nitrogen and oxygen atoms in total. The summed E-state index contributed by atoms with van der Waals surface area (Å²) in [6.45, 7) is 4.51. The van der Waals surface area contributed by atoms with E-state index in [2.05, 4.69) is 0 Å². The number of carbonyl (C=O) groups excluding carboxylic acids is 1. The topological polar surface area (TPSA) is 82.2 Å². The lowest BCUT2D eigenvalue weighted by Crippen LogP contribution is -2.30. The Morgan fingerprint density at radius 3 is 2.50 bits per heavy atom. The van der Waals surface area contributed by atoms with E-state index < -0.39 is 22.2 Å². The fraction of sp³-hybridized carbons (Fsp3) is 0.400. The number of Topliss-reactive ketones (excluding diaryl/α,β-unsaturated/α-hetero) is 1. The third kappa shape index (κ3) is 2.00. The number of rotatable bonds is 3. The number of nitro groups is 1. The van der Waals surface area contributed by atoms with Gasteiger partial charge in [0.05, 0.1) is 11.0 Å². The highest BCUT2D eigenvalue weighted by molar-refractivity contribution is 5.79. The van der Waals surface area contributed by atoms with E-state index in [9.17, 15) is 19.7 Å². The Labute approximate surface area is 91.7 Å². The Bertz CT molecular complexity index is 504. The first kappa shape index (κ1) is 12.1. The van der Waals surface area contributed by atoms with Crippen molar-refractivity contribution in [3.63, 3.8) is 0 Å². The molecular weight excluding hydrogens is 212 g/mol. The summed E-state index contributed by atoms with van der Waals surface area (Å²) in [5.74, 6) is -0.217. The van der Waals surface area contributed by atoms with Gasteiger partial charge in [0, 0.05) is 11.8 Å². The van der Waals surface area contributed by atoms with Crippen molar-refractivity contribution < 1.29 is 9.72 Å². The first-order valence-electron chi connectivity index (χ1n) is 4.73. The maximum absolute atomic E-state index is 11.7. The minimum atomic E-state index is -0.745. The molecule has 0 saturated heterocycles. The standard InChI is InChI=1S/C10H12N2O4/c1-6-4-5-9(12(15)16)10(14)11(6)7(2)8(3)13/h4-5,7H,1-3H3. The number of nitrogens with zero attached hydrogens (tertiary/aromatic N) is 2. The van der Waals surface area contributed by atoms with Gasteiger partial charge in [-0.05, 0) is 26.8 Å². The molecule has 0 aliphatic heterocycles. The van der Waals surface area contributed by atoms with Crippen LogP contribution in [0.3, 0.4) is 0 Å². The van der Waals surface area contributed by atoms with Crippen LogP contribution >= 0.6 is 0 Å². The molecule has 1 unspecified atom stereocenters. The van der Waals surface area contributed by atoms with Crippen molar-refractivity contribution in [2.75, 3.05) is 0 Å². The minimum absolute atomic E-state index is 0.217. The maximum atomic E-state index is 11.7. The zero-order chi connectivity index (χ0) is 12.5. The highest BCUT2D eigenvalue weighted by Crippen LogP contribution is 2.12. The van der Waals surface area contributed by atoms with Crippen LogP contribution < -0.4 is 5.56 Å². The first-order valence-corrected chi connectivity index (χ1v) is 4.73. The lowest BCUT2D eigenvalue weighted by Gasteiger charge is -2.14. The quantitative estimate of drug-likeness (QED) is 0.570. The number of carbonyl (C=O) groups is 1. The van der Waals surface area contributed by atoms with Gasteiger partial charge in [0.15, 0.2) is 5.78 Å². The molecule has 1 heterocycles. The molecule has 0 aliphatic rings. The van der Waals surface area contributed by atoms with E-state index >= 15 is 0 Å². The highest BCUT2D eigenvalue weighted by atomic mass is 16.6. The molecule has 0 aliphatic carbocycles. The Kier molecular flexibility index (Phi) is 3.22. The highest BCUT2D eigenvalue weighted by Gasteiger charge is 2.20. The summed E-state index contributed by atoms with van der Waals surface area (Å²) >= 11 is 0. The van der Waals surface area contributed by atoms with Crippen LogP contribution in [0.15, 0.2) is 16.9 Å². The largest absolute Gasteiger partial charge is 0.334 e. The average molecular weight is 224 g/mol. The molecule has 0 N–H and O–H groups in total. The molecule has 0 radical (unpaired) electrons. The summed E-state index contributed by atoms with van der Waals surface area (Å²) in [5.41, 5.74) is -0.732. The van der Waals surface area contributed by atoms with E-state index in [-0.39, 0.29) is 5.78 Å². The molecule has 1 rings (SSSR count). The van der Waals surface area contributed by atoms with E-state index in [4.69, 9.17) is 0 Å². The summed E-state index contributed by atoms with van der Waals surface area (Å²) in [4.78, 5) is 32.8. The summed E-state index contributed by atoms with van der Waals surface area (Å²) in [6, 6.07) is 1.92. The number of hydrogen-bond acceptors (Lipinski definition) is 4. The van der Waals surface area contributed by atoms with Crippen molar-refractivity contribution in [3.05, 3.63) is 38.3 Å². The van der Waals surface area contributed by atoms with Crippen molar-refractivity contribution >= 4 is 11.5 Å². The molecule has 0 fully saturated rings. The number of hydrogen-bond donors (Lipinski definition) is 0. The van der Waals surface area contributed by atoms with Gasteiger partial charge in [-0.2, -0.15) is 0 Å². The molecule has 0 bridgehead atoms. The van der Waals surface area contributed by atoms with Crippen LogP contribution in [0.4, 0.5) is 5.69 Å². The number of ketones is 1. The second-order valence-electron chi connectivity index (χ2n) is 3.58. The van der Waals surface area contributed by atoms with Gasteiger partial charge in [0.1, 0.15) is 0 Å². The van der Waals surface area contributed by atoms with Crippen LogP contribution in [0.2, 0.25) is 0 Å². The predicted molar refractivity (Wildman–Crippen MR) is 57.5 cm³/mol. The molecule has 0 aromatic carbocycles. The Morgan fingerprint density at radius 1 is 1.50 bits per heavy atom. The van der Waals surface area contributed by atoms with Gasteiger partial charge in [-0.25, -0.2) is 0 Å². The molecule has 0 saturated carbocycles. The Balaban J connectivity index is 3.50. The van der Waals surface area contributed by atoms with E-state index in [0.29, 0.717) is 5.69 Å². The second-order valence-corrected chi connectivity index (χ2v) is 3.58. The lowest BCUT2D eigenvalue weighted by atomic mass is 10.2. The van der Waals surface area contributed by atoms with Crippen LogP contribution in [0, 0.1) is 17.0 Å². The van der Waals surface area contributed by atoms with Crippen LogP contribution in [0.1, 0.15) is 25.6 Å². The smallest absolute Gasteiger partial charge is 0.298 e. The number of pyridine rings is 1. The second kappa shape index (κ2) is 4.26. The van der Waals surface area contributed by atoms with Gasteiger partial charge in [-0.3, -0.25) is 24.3 Å². The number of aromatic nitrogens is 1. The summed E-state index contributed by atoms with van der Waals surface area (Å²) in [7, 11) is 0. The normalized spacial score (nSPS) is 12.2. The van der Waals surface area contributed by atoms with E-state index in [1.807, 2.05) is 0 Å². The van der Waals surface area contributed by atoms with Gasteiger partial charge in [-0.1, -0.05) is 0 Å². The molecule has 86 valence electrons. The predicted octanol–water partition coefficient (Wildman–Crippen LogP) is 1.21. The molecule has 0 spiro atoms. The number of aryl methyl sites for hydroxylation is 1. The zero-order valence-electron chi connectivity index (χ0n) is 9.26. The summed E-state index contributed by atoms with van der Waals surface area (Å²) < 4.78 is 1.14. The third-order valence-corrected chi connectivity index (χ3v) is 2.47. The minimum Gasteiger partial charge on any atom is -0.298 e. The first-order chi connectivity index (χ1) is 7.36. The average Bonchev–Trinajstić information content (AvgIpc) is 2.16. The van der Waals surface area contributed by atoms with Crippen LogP contribution in [0.5, 0.6) is 0 Å². The molecule has 1 aromatic heterocycles. The fourth-order valence-corrected chi connectivity index (χ4v) is 1.44.